The van der Waals surface area contributed by atoms with Gasteiger partial charge in [0, 0.05) is 20.1 Å². The van der Waals surface area contributed by atoms with Gasteiger partial charge in [-0.25, -0.2) is 9.67 Å². The molecule has 1 amide bonds. The molecule has 7 nitrogen and oxygen atoms in total. The first-order valence-electron chi connectivity index (χ1n) is 9.37. The van der Waals surface area contributed by atoms with Crippen LogP contribution in [-0.4, -0.2) is 43.2 Å². The van der Waals surface area contributed by atoms with Crippen LogP contribution in [0.4, 0.5) is 0 Å². The molecule has 4 rings (SSSR count). The number of carbonyl (C=O) groups excluding carboxylic acids is 1. The summed E-state index contributed by atoms with van der Waals surface area (Å²) in [6.45, 7) is 3.45. The lowest BCUT2D eigenvalue weighted by molar-refractivity contribution is 0.0757. The summed E-state index contributed by atoms with van der Waals surface area (Å²) in [6.07, 6.45) is 5.72. The quantitative estimate of drug-likeness (QED) is 0.699. The lowest BCUT2D eigenvalue weighted by atomic mass is 10.2. The Kier molecular flexibility index (Phi) is 4.51. The Morgan fingerprint density at radius 2 is 1.70 bits per heavy atom. The van der Waals surface area contributed by atoms with Crippen LogP contribution in [0.1, 0.15) is 41.7 Å². The van der Waals surface area contributed by atoms with Gasteiger partial charge in [-0.3, -0.25) is 9.59 Å². The average Bonchev–Trinajstić information content (AvgIpc) is 2.85. The van der Waals surface area contributed by atoms with Crippen molar-refractivity contribution in [3.8, 4) is 5.69 Å². The summed E-state index contributed by atoms with van der Waals surface area (Å²) in [4.78, 5) is 32.2. The molecule has 0 aliphatic carbocycles. The van der Waals surface area contributed by atoms with E-state index in [-0.39, 0.29) is 17.2 Å². The van der Waals surface area contributed by atoms with Gasteiger partial charge < -0.3 is 9.47 Å². The fourth-order valence-electron chi connectivity index (χ4n) is 3.53. The Balaban J connectivity index is 1.89. The third-order valence-electron chi connectivity index (χ3n) is 5.12. The summed E-state index contributed by atoms with van der Waals surface area (Å²) >= 11 is 0. The monoisotopic (exact) mass is 365 g/mol. The molecule has 0 atom stereocenters. The van der Waals surface area contributed by atoms with Gasteiger partial charge in [0.2, 0.25) is 0 Å². The molecule has 1 saturated heterocycles. The molecule has 0 saturated carbocycles. The molecule has 1 aromatic carbocycles. The van der Waals surface area contributed by atoms with E-state index in [1.165, 1.54) is 10.9 Å². The Labute approximate surface area is 157 Å². The van der Waals surface area contributed by atoms with E-state index in [0.29, 0.717) is 11.0 Å². The van der Waals surface area contributed by atoms with Crippen molar-refractivity contribution >= 4 is 16.9 Å². The van der Waals surface area contributed by atoms with Crippen LogP contribution in [0, 0.1) is 6.92 Å². The number of amides is 1. The predicted molar refractivity (Wildman–Crippen MR) is 103 cm³/mol. The van der Waals surface area contributed by atoms with Crippen molar-refractivity contribution in [1.82, 2.24) is 24.2 Å². The zero-order valence-corrected chi connectivity index (χ0v) is 15.7. The molecule has 0 radical (unpaired) electrons. The molecule has 27 heavy (non-hydrogen) atoms. The minimum atomic E-state index is -0.219. The van der Waals surface area contributed by atoms with Crippen LogP contribution in [0.25, 0.3) is 16.7 Å². The highest BCUT2D eigenvalue weighted by molar-refractivity contribution is 6.03. The van der Waals surface area contributed by atoms with Crippen LogP contribution in [0.2, 0.25) is 0 Å². The van der Waals surface area contributed by atoms with Crippen molar-refractivity contribution in [3.05, 3.63) is 52.2 Å². The number of nitrogens with zero attached hydrogens (tertiary/aromatic N) is 5. The Bertz CT molecular complexity index is 1040. The van der Waals surface area contributed by atoms with Gasteiger partial charge in [-0.05, 0) is 31.9 Å². The van der Waals surface area contributed by atoms with E-state index in [0.717, 1.165) is 50.0 Å². The Hall–Kier alpha value is -2.96. The zero-order valence-electron chi connectivity index (χ0n) is 15.7. The van der Waals surface area contributed by atoms with Crippen LogP contribution in [0.5, 0.6) is 0 Å². The van der Waals surface area contributed by atoms with E-state index in [2.05, 4.69) is 10.1 Å². The van der Waals surface area contributed by atoms with Crippen molar-refractivity contribution < 1.29 is 4.79 Å². The summed E-state index contributed by atoms with van der Waals surface area (Å²) in [5, 5.41) is 4.55. The van der Waals surface area contributed by atoms with Gasteiger partial charge in [-0.1, -0.05) is 30.5 Å². The molecule has 0 spiro atoms. The van der Waals surface area contributed by atoms with Crippen molar-refractivity contribution in [2.75, 3.05) is 13.1 Å². The van der Waals surface area contributed by atoms with E-state index < -0.39 is 0 Å². The first kappa shape index (κ1) is 17.5. The van der Waals surface area contributed by atoms with Gasteiger partial charge >= 0.3 is 0 Å². The zero-order chi connectivity index (χ0) is 19.0. The first-order valence-corrected chi connectivity index (χ1v) is 9.37. The Morgan fingerprint density at radius 3 is 2.37 bits per heavy atom. The molecule has 0 bridgehead atoms. The fraction of sp³-hybridized carbons (Fsp3) is 0.400. The van der Waals surface area contributed by atoms with E-state index in [4.69, 9.17) is 0 Å². The molecule has 140 valence electrons. The van der Waals surface area contributed by atoms with Gasteiger partial charge in [0.25, 0.3) is 11.5 Å². The normalized spacial score (nSPS) is 15.1. The molecular weight excluding hydrogens is 342 g/mol. The van der Waals surface area contributed by atoms with Crippen molar-refractivity contribution in [2.45, 2.75) is 32.6 Å². The van der Waals surface area contributed by atoms with Gasteiger partial charge in [0.15, 0.2) is 11.2 Å². The molecule has 1 fully saturated rings. The van der Waals surface area contributed by atoms with Crippen LogP contribution < -0.4 is 5.56 Å². The van der Waals surface area contributed by atoms with Crippen LogP contribution in [-0.2, 0) is 7.05 Å². The molecule has 1 aliphatic rings. The average molecular weight is 365 g/mol. The number of hydrogen-bond donors (Lipinski definition) is 0. The highest BCUT2D eigenvalue weighted by atomic mass is 16.2. The Morgan fingerprint density at radius 1 is 1.04 bits per heavy atom. The van der Waals surface area contributed by atoms with Gasteiger partial charge in [-0.15, -0.1) is 0 Å². The summed E-state index contributed by atoms with van der Waals surface area (Å²) in [5.74, 6) is -0.145. The lowest BCUT2D eigenvalue weighted by Crippen LogP contribution is -2.32. The summed E-state index contributed by atoms with van der Waals surface area (Å²) in [5.41, 5.74) is 2.59. The molecule has 0 unspecified atom stereocenters. The predicted octanol–water partition coefficient (Wildman–Crippen LogP) is 2.44. The van der Waals surface area contributed by atoms with E-state index >= 15 is 0 Å². The maximum Gasteiger partial charge on any atom is 0.279 e. The third-order valence-corrected chi connectivity index (χ3v) is 5.12. The lowest BCUT2D eigenvalue weighted by Gasteiger charge is -2.18. The highest BCUT2D eigenvalue weighted by Gasteiger charge is 2.26. The summed E-state index contributed by atoms with van der Waals surface area (Å²) < 4.78 is 2.96. The van der Waals surface area contributed by atoms with Crippen LogP contribution >= 0.6 is 0 Å². The van der Waals surface area contributed by atoms with Crippen LogP contribution in [0.15, 0.2) is 35.4 Å². The molecule has 2 aromatic heterocycles. The van der Waals surface area contributed by atoms with Gasteiger partial charge in [0.1, 0.15) is 5.52 Å². The van der Waals surface area contributed by atoms with Crippen molar-refractivity contribution in [3.63, 3.8) is 0 Å². The van der Waals surface area contributed by atoms with Crippen molar-refractivity contribution in [1.29, 1.82) is 0 Å². The van der Waals surface area contributed by atoms with Crippen molar-refractivity contribution in [2.24, 2.45) is 7.05 Å². The summed E-state index contributed by atoms with van der Waals surface area (Å²) in [6, 6.07) is 7.71. The third kappa shape index (κ3) is 3.13. The van der Waals surface area contributed by atoms with E-state index in [1.54, 1.807) is 11.7 Å². The molecule has 3 heterocycles. The maximum absolute atomic E-state index is 13.2. The number of likely N-dealkylation sites (tertiary alicyclic amines) is 1. The number of benzene rings is 1. The molecule has 3 aromatic rings. The molecular formula is C20H23N5O2. The molecule has 7 heteroatoms. The van der Waals surface area contributed by atoms with Gasteiger partial charge in [0.05, 0.1) is 12.0 Å². The number of fused-ring (bicyclic) bond motifs is 1. The van der Waals surface area contributed by atoms with E-state index in [1.807, 2.05) is 36.1 Å². The first-order chi connectivity index (χ1) is 13.1. The number of hydrogen-bond acceptors (Lipinski definition) is 4. The second-order valence-electron chi connectivity index (χ2n) is 7.16. The van der Waals surface area contributed by atoms with Gasteiger partial charge in [-0.2, -0.15) is 5.10 Å². The minimum Gasteiger partial charge on any atom is -0.337 e. The van der Waals surface area contributed by atoms with E-state index in [9.17, 15) is 9.59 Å². The smallest absolute Gasteiger partial charge is 0.279 e. The summed E-state index contributed by atoms with van der Waals surface area (Å²) in [7, 11) is 1.65. The topological polar surface area (TPSA) is 73.0 Å². The number of aromatic nitrogens is 4. The minimum absolute atomic E-state index is 0.145. The maximum atomic E-state index is 13.2. The number of rotatable bonds is 2. The highest BCUT2D eigenvalue weighted by Crippen LogP contribution is 2.21. The second-order valence-corrected chi connectivity index (χ2v) is 7.16. The SMILES string of the molecule is Cc1ccc(-n2nc(C(=O)N3CCCCCC3)c3ncn(C)c(=O)c32)cc1. The second kappa shape index (κ2) is 6.98. The standard InChI is InChI=1S/C20H23N5O2/c1-14-7-9-15(10-8-14)25-18-16(21-13-23(2)20(18)27)17(22-25)19(26)24-11-5-3-4-6-12-24/h7-10,13H,3-6,11-12H2,1-2H3. The molecule has 0 N–H and O–H groups in total. The van der Waals surface area contributed by atoms with Crippen LogP contribution in [0.3, 0.4) is 0 Å². The number of carbonyl (C=O) groups is 1. The molecule has 1 aliphatic heterocycles. The largest absolute Gasteiger partial charge is 0.337 e. The fourth-order valence-corrected chi connectivity index (χ4v) is 3.53. The number of aryl methyl sites for hydroxylation is 2.